The molecule has 3 heteroatoms. The number of rotatable bonds is 2. The second kappa shape index (κ2) is 3.55. The first kappa shape index (κ1) is 8.30. The predicted octanol–water partition coefficient (Wildman–Crippen LogP) is 2.24. The molecule has 1 heterocycles. The smallest absolute Gasteiger partial charge is 0.105 e. The van der Waals surface area contributed by atoms with Gasteiger partial charge in [0.2, 0.25) is 0 Å². The van der Waals surface area contributed by atoms with Crippen molar-refractivity contribution in [2.45, 2.75) is 32.7 Å². The molecular weight excluding hydrogens is 239 g/mol. The standard InChI is InChI=1S/C7H13IN2/c1-3-4-7-5-10(8)6(2)9-7/h7H,3-5H2,1-2H3. The third-order valence-corrected chi connectivity index (χ3v) is 2.81. The summed E-state index contributed by atoms with van der Waals surface area (Å²) in [6, 6.07) is 0.571. The van der Waals surface area contributed by atoms with Gasteiger partial charge in [-0.1, -0.05) is 13.3 Å². The van der Waals surface area contributed by atoms with Crippen molar-refractivity contribution in [3.63, 3.8) is 0 Å². The SMILES string of the molecule is CCCC1CN(I)C(C)=N1. The van der Waals surface area contributed by atoms with Gasteiger partial charge in [0.15, 0.2) is 0 Å². The van der Waals surface area contributed by atoms with Crippen molar-refractivity contribution in [1.29, 1.82) is 0 Å². The molecule has 0 saturated heterocycles. The average Bonchev–Trinajstić information content (AvgIpc) is 2.14. The third kappa shape index (κ3) is 1.84. The van der Waals surface area contributed by atoms with E-state index in [0.29, 0.717) is 6.04 Å². The fourth-order valence-corrected chi connectivity index (χ4v) is 1.75. The van der Waals surface area contributed by atoms with E-state index in [-0.39, 0.29) is 0 Å². The van der Waals surface area contributed by atoms with E-state index in [0.717, 1.165) is 6.54 Å². The molecular formula is C7H13IN2. The summed E-state index contributed by atoms with van der Waals surface area (Å²) in [6.45, 7) is 5.39. The summed E-state index contributed by atoms with van der Waals surface area (Å²) < 4.78 is 2.19. The van der Waals surface area contributed by atoms with E-state index in [1.54, 1.807) is 0 Å². The van der Waals surface area contributed by atoms with Crippen molar-refractivity contribution in [3.8, 4) is 0 Å². The van der Waals surface area contributed by atoms with Crippen LogP contribution in [0.3, 0.4) is 0 Å². The molecule has 2 nitrogen and oxygen atoms in total. The van der Waals surface area contributed by atoms with Crippen LogP contribution in [-0.4, -0.2) is 21.5 Å². The molecule has 58 valence electrons. The van der Waals surface area contributed by atoms with E-state index in [1.807, 2.05) is 0 Å². The van der Waals surface area contributed by atoms with Crippen LogP contribution < -0.4 is 0 Å². The summed E-state index contributed by atoms with van der Waals surface area (Å²) in [5, 5.41) is 0. The summed E-state index contributed by atoms with van der Waals surface area (Å²) in [5.74, 6) is 1.18. The molecule has 1 aliphatic rings. The molecule has 0 aliphatic carbocycles. The van der Waals surface area contributed by atoms with E-state index in [9.17, 15) is 0 Å². The topological polar surface area (TPSA) is 15.6 Å². The average molecular weight is 252 g/mol. The van der Waals surface area contributed by atoms with Crippen LogP contribution in [-0.2, 0) is 0 Å². The van der Waals surface area contributed by atoms with Gasteiger partial charge in [0.25, 0.3) is 0 Å². The first-order chi connectivity index (χ1) is 4.74. The lowest BCUT2D eigenvalue weighted by molar-refractivity contribution is 0.582. The molecule has 0 spiro atoms. The summed E-state index contributed by atoms with van der Waals surface area (Å²) in [4.78, 5) is 4.49. The molecule has 0 bridgehead atoms. The maximum atomic E-state index is 4.49. The largest absolute Gasteiger partial charge is 0.301 e. The highest BCUT2D eigenvalue weighted by Gasteiger charge is 2.18. The van der Waals surface area contributed by atoms with Gasteiger partial charge in [-0.3, -0.25) is 4.99 Å². The second-order valence-corrected chi connectivity index (χ2v) is 3.83. The number of nitrogens with zero attached hydrogens (tertiary/aromatic N) is 2. The molecule has 0 aromatic carbocycles. The van der Waals surface area contributed by atoms with Crippen LogP contribution in [0.4, 0.5) is 0 Å². The highest BCUT2D eigenvalue weighted by atomic mass is 127. The van der Waals surface area contributed by atoms with Gasteiger partial charge < -0.3 is 3.11 Å². The monoisotopic (exact) mass is 252 g/mol. The maximum absolute atomic E-state index is 4.49. The fourth-order valence-electron chi connectivity index (χ4n) is 1.17. The van der Waals surface area contributed by atoms with E-state index in [1.165, 1.54) is 18.7 Å². The Hall–Kier alpha value is 0.200. The first-order valence-electron chi connectivity index (χ1n) is 3.71. The highest BCUT2D eigenvalue weighted by molar-refractivity contribution is 14.1. The second-order valence-electron chi connectivity index (χ2n) is 2.66. The van der Waals surface area contributed by atoms with E-state index in [4.69, 9.17) is 0 Å². The molecule has 10 heavy (non-hydrogen) atoms. The van der Waals surface area contributed by atoms with E-state index < -0.39 is 0 Å². The molecule has 0 fully saturated rings. The number of halogens is 1. The zero-order chi connectivity index (χ0) is 7.56. The minimum atomic E-state index is 0.571. The molecule has 1 atom stereocenters. The molecule has 1 unspecified atom stereocenters. The van der Waals surface area contributed by atoms with Crippen molar-refractivity contribution in [2.24, 2.45) is 4.99 Å². The van der Waals surface area contributed by atoms with E-state index >= 15 is 0 Å². The molecule has 1 aliphatic heterocycles. The predicted molar refractivity (Wildman–Crippen MR) is 52.5 cm³/mol. The number of hydrogen-bond donors (Lipinski definition) is 0. The lowest BCUT2D eigenvalue weighted by Gasteiger charge is -2.07. The van der Waals surface area contributed by atoms with Crippen LogP contribution in [0.15, 0.2) is 4.99 Å². The molecule has 0 radical (unpaired) electrons. The number of aliphatic imine (C=N–C) groups is 1. The first-order valence-corrected chi connectivity index (χ1v) is 4.68. The molecule has 1 rings (SSSR count). The van der Waals surface area contributed by atoms with Crippen LogP contribution in [0.25, 0.3) is 0 Å². The van der Waals surface area contributed by atoms with Crippen molar-refractivity contribution in [2.75, 3.05) is 6.54 Å². The normalized spacial score (nSPS) is 25.3. The van der Waals surface area contributed by atoms with Gasteiger partial charge in [-0.15, -0.1) is 0 Å². The van der Waals surface area contributed by atoms with Gasteiger partial charge in [0, 0.05) is 0 Å². The molecule has 0 aromatic rings. The minimum Gasteiger partial charge on any atom is -0.301 e. The van der Waals surface area contributed by atoms with Gasteiger partial charge in [-0.2, -0.15) is 0 Å². The summed E-state index contributed by atoms with van der Waals surface area (Å²) in [6.07, 6.45) is 2.47. The molecule has 0 N–H and O–H groups in total. The Balaban J connectivity index is 2.40. The maximum Gasteiger partial charge on any atom is 0.105 e. The quantitative estimate of drug-likeness (QED) is 0.543. The summed E-state index contributed by atoms with van der Waals surface area (Å²) >= 11 is 2.32. The van der Waals surface area contributed by atoms with Gasteiger partial charge in [-0.05, 0) is 13.3 Å². The number of hydrogen-bond acceptors (Lipinski definition) is 2. The lowest BCUT2D eigenvalue weighted by atomic mass is 10.2. The Bertz CT molecular complexity index is 145. The third-order valence-electron chi connectivity index (χ3n) is 1.71. The van der Waals surface area contributed by atoms with E-state index in [2.05, 4.69) is 44.8 Å². The van der Waals surface area contributed by atoms with Gasteiger partial charge >= 0.3 is 0 Å². The number of amidine groups is 1. The minimum absolute atomic E-state index is 0.571. The summed E-state index contributed by atoms with van der Waals surface area (Å²) in [7, 11) is 0. The van der Waals surface area contributed by atoms with Gasteiger partial charge in [-0.25, -0.2) is 0 Å². The Morgan fingerprint density at radius 3 is 2.90 bits per heavy atom. The zero-order valence-corrected chi connectivity index (χ0v) is 8.63. The van der Waals surface area contributed by atoms with Crippen LogP contribution in [0.5, 0.6) is 0 Å². The van der Waals surface area contributed by atoms with Crippen LogP contribution >= 0.6 is 22.9 Å². The highest BCUT2D eigenvalue weighted by Crippen LogP contribution is 2.16. The molecule has 0 saturated carbocycles. The van der Waals surface area contributed by atoms with Crippen molar-refractivity contribution >= 4 is 28.7 Å². The Morgan fingerprint density at radius 2 is 2.50 bits per heavy atom. The van der Waals surface area contributed by atoms with Gasteiger partial charge in [0.1, 0.15) is 5.84 Å². The van der Waals surface area contributed by atoms with Crippen LogP contribution in [0, 0.1) is 0 Å². The van der Waals surface area contributed by atoms with Crippen molar-refractivity contribution < 1.29 is 0 Å². The van der Waals surface area contributed by atoms with Crippen molar-refractivity contribution in [3.05, 3.63) is 0 Å². The van der Waals surface area contributed by atoms with Crippen LogP contribution in [0.2, 0.25) is 0 Å². The zero-order valence-electron chi connectivity index (χ0n) is 6.47. The Labute approximate surface area is 76.2 Å². The Morgan fingerprint density at radius 1 is 1.80 bits per heavy atom. The summed E-state index contributed by atoms with van der Waals surface area (Å²) in [5.41, 5.74) is 0. The van der Waals surface area contributed by atoms with Gasteiger partial charge in [0.05, 0.1) is 35.5 Å². The molecule has 0 amide bonds. The molecule has 0 aromatic heterocycles. The fraction of sp³-hybridized carbons (Fsp3) is 0.857. The van der Waals surface area contributed by atoms with Crippen molar-refractivity contribution in [1.82, 2.24) is 3.11 Å². The lowest BCUT2D eigenvalue weighted by Crippen LogP contribution is -2.16. The Kier molecular flexibility index (Phi) is 2.95. The van der Waals surface area contributed by atoms with Crippen LogP contribution in [0.1, 0.15) is 26.7 Å².